The van der Waals surface area contributed by atoms with Crippen molar-refractivity contribution in [3.05, 3.63) is 46.5 Å². The van der Waals surface area contributed by atoms with Crippen LogP contribution in [0.1, 0.15) is 47.9 Å². The van der Waals surface area contributed by atoms with Crippen molar-refractivity contribution < 1.29 is 24.1 Å². The van der Waals surface area contributed by atoms with Gasteiger partial charge in [0.1, 0.15) is 11.3 Å². The summed E-state index contributed by atoms with van der Waals surface area (Å²) in [5, 5.41) is 13.4. The van der Waals surface area contributed by atoms with E-state index in [2.05, 4.69) is 50.4 Å². The third kappa shape index (κ3) is 5.08. The third-order valence-electron chi connectivity index (χ3n) is 7.53. The summed E-state index contributed by atoms with van der Waals surface area (Å²) in [6.07, 6.45) is 3.97. The summed E-state index contributed by atoms with van der Waals surface area (Å²) < 4.78 is 16.7. The molecule has 4 rings (SSSR count). The first-order valence-electron chi connectivity index (χ1n) is 12.3. The highest BCUT2D eigenvalue weighted by atomic mass is 16.5. The number of rotatable bonds is 8. The van der Waals surface area contributed by atoms with Crippen LogP contribution in [-0.2, 0) is 20.7 Å². The molecule has 2 aromatic rings. The van der Waals surface area contributed by atoms with Gasteiger partial charge in [0.15, 0.2) is 0 Å². The van der Waals surface area contributed by atoms with Crippen LogP contribution in [-0.4, -0.2) is 50.2 Å². The van der Waals surface area contributed by atoms with E-state index in [1.165, 1.54) is 16.7 Å². The molecule has 0 radical (unpaired) electrons. The van der Waals surface area contributed by atoms with Crippen LogP contribution in [0.4, 0.5) is 5.69 Å². The minimum Gasteiger partial charge on any atom is -0.496 e. The van der Waals surface area contributed by atoms with Gasteiger partial charge in [0.25, 0.3) is 0 Å². The topological polar surface area (TPSA) is 77.0 Å². The van der Waals surface area contributed by atoms with E-state index in [4.69, 9.17) is 14.2 Å². The van der Waals surface area contributed by atoms with E-state index in [0.29, 0.717) is 32.0 Å². The maximum Gasteiger partial charge on any atom is 0.329 e. The van der Waals surface area contributed by atoms with Gasteiger partial charge in [-0.3, -0.25) is 0 Å². The fraction of sp³-hybridized carbons (Fsp3) is 0.536. The minimum absolute atomic E-state index is 0.451. The Bertz CT molecular complexity index is 1040. The molecule has 2 aromatic carbocycles. The number of methoxy groups -OCH3 is 1. The number of hydrogen-bond donors (Lipinski definition) is 2. The van der Waals surface area contributed by atoms with Gasteiger partial charge in [0, 0.05) is 45.0 Å². The summed E-state index contributed by atoms with van der Waals surface area (Å²) in [5.41, 5.74) is 6.91. The Hall–Kier alpha value is -2.57. The van der Waals surface area contributed by atoms with Gasteiger partial charge in [-0.15, -0.1) is 0 Å². The molecule has 2 heterocycles. The van der Waals surface area contributed by atoms with Crippen LogP contribution in [0.2, 0.25) is 0 Å². The zero-order chi connectivity index (χ0) is 24.3. The number of nitrogens with one attached hydrogen (secondary N) is 1. The average Bonchev–Trinajstić information content (AvgIpc) is 3.33. The summed E-state index contributed by atoms with van der Waals surface area (Å²) >= 11 is 0. The third-order valence-corrected chi connectivity index (χ3v) is 7.53. The Kier molecular flexibility index (Phi) is 7.48. The zero-order valence-electron chi connectivity index (χ0n) is 20.8. The highest BCUT2D eigenvalue weighted by molar-refractivity contribution is 5.84. The monoisotopic (exact) mass is 467 g/mol. The van der Waals surface area contributed by atoms with E-state index in [1.807, 2.05) is 0 Å². The van der Waals surface area contributed by atoms with Gasteiger partial charge in [-0.05, 0) is 97.5 Å². The Labute approximate surface area is 202 Å². The lowest BCUT2D eigenvalue weighted by atomic mass is 9.86. The van der Waals surface area contributed by atoms with Crippen molar-refractivity contribution >= 4 is 11.7 Å². The number of aliphatic carboxylic acids is 1. The van der Waals surface area contributed by atoms with Crippen molar-refractivity contribution in [3.8, 4) is 16.9 Å². The van der Waals surface area contributed by atoms with Gasteiger partial charge in [-0.1, -0.05) is 6.07 Å². The largest absolute Gasteiger partial charge is 0.496 e. The molecule has 6 nitrogen and oxygen atoms in total. The van der Waals surface area contributed by atoms with Gasteiger partial charge < -0.3 is 24.6 Å². The van der Waals surface area contributed by atoms with E-state index in [-0.39, 0.29) is 0 Å². The number of anilines is 1. The first-order valence-corrected chi connectivity index (χ1v) is 12.3. The van der Waals surface area contributed by atoms with Crippen LogP contribution in [0.15, 0.2) is 24.3 Å². The predicted molar refractivity (Wildman–Crippen MR) is 134 cm³/mol. The van der Waals surface area contributed by atoms with Crippen LogP contribution >= 0.6 is 0 Å². The van der Waals surface area contributed by atoms with Crippen LogP contribution in [0.5, 0.6) is 5.75 Å². The first-order chi connectivity index (χ1) is 16.3. The highest BCUT2D eigenvalue weighted by Gasteiger charge is 2.40. The second-order valence-corrected chi connectivity index (χ2v) is 9.84. The van der Waals surface area contributed by atoms with Gasteiger partial charge in [0.2, 0.25) is 0 Å². The van der Waals surface area contributed by atoms with Gasteiger partial charge in [0.05, 0.1) is 7.11 Å². The molecule has 1 unspecified atom stereocenters. The first kappa shape index (κ1) is 24.6. The molecule has 0 bridgehead atoms. The number of hydrogen-bond acceptors (Lipinski definition) is 5. The Balaban J connectivity index is 1.74. The zero-order valence-corrected chi connectivity index (χ0v) is 20.8. The molecule has 6 heteroatoms. The van der Waals surface area contributed by atoms with Crippen molar-refractivity contribution in [1.29, 1.82) is 0 Å². The summed E-state index contributed by atoms with van der Waals surface area (Å²) in [4.78, 5) is 12.2. The maximum atomic E-state index is 12.2. The molecule has 0 aliphatic carbocycles. The molecule has 0 amide bonds. The molecule has 0 spiro atoms. The number of carbonyl (C=O) groups is 1. The lowest BCUT2D eigenvalue weighted by Crippen LogP contribution is -2.50. The Morgan fingerprint density at radius 2 is 1.85 bits per heavy atom. The fourth-order valence-electron chi connectivity index (χ4n) is 5.29. The van der Waals surface area contributed by atoms with E-state index in [9.17, 15) is 9.90 Å². The van der Waals surface area contributed by atoms with Crippen molar-refractivity contribution in [2.24, 2.45) is 5.92 Å². The molecule has 2 aliphatic rings. The summed E-state index contributed by atoms with van der Waals surface area (Å²) in [7, 11) is 1.71. The van der Waals surface area contributed by atoms with E-state index in [1.54, 1.807) is 7.11 Å². The lowest BCUT2D eigenvalue weighted by Gasteiger charge is -2.35. The van der Waals surface area contributed by atoms with E-state index < -0.39 is 11.5 Å². The molecule has 2 N–H and O–H groups in total. The highest BCUT2D eigenvalue weighted by Crippen LogP contribution is 2.38. The van der Waals surface area contributed by atoms with Crippen molar-refractivity contribution in [3.63, 3.8) is 0 Å². The van der Waals surface area contributed by atoms with E-state index >= 15 is 0 Å². The smallest absolute Gasteiger partial charge is 0.329 e. The van der Waals surface area contributed by atoms with Crippen LogP contribution in [0.25, 0.3) is 11.1 Å². The number of aryl methyl sites for hydroxylation is 3. The predicted octanol–water partition coefficient (Wildman–Crippen LogP) is 5.30. The lowest BCUT2D eigenvalue weighted by molar-refractivity contribution is -0.145. The summed E-state index contributed by atoms with van der Waals surface area (Å²) in [5.74, 6) is 0.639. The van der Waals surface area contributed by atoms with Gasteiger partial charge >= 0.3 is 5.97 Å². The molecule has 0 saturated carbocycles. The Morgan fingerprint density at radius 3 is 2.50 bits per heavy atom. The molecular weight excluding hydrogens is 430 g/mol. The molecule has 1 atom stereocenters. The maximum absolute atomic E-state index is 12.2. The second-order valence-electron chi connectivity index (χ2n) is 9.84. The number of ether oxygens (including phenoxy) is 3. The van der Waals surface area contributed by atoms with E-state index in [0.717, 1.165) is 60.6 Å². The van der Waals surface area contributed by atoms with Crippen LogP contribution in [0, 0.1) is 26.7 Å². The molecule has 2 aliphatic heterocycles. The van der Waals surface area contributed by atoms with Crippen LogP contribution < -0.4 is 10.1 Å². The minimum atomic E-state index is -0.994. The molecule has 184 valence electrons. The SMILES string of the molecule is COc1cc(-c2c(C)cc(NC3(C(=O)O)CCOCC3)cc2CCC2CCOC2)cc(C)c1C. The number of carboxylic acid groups (broad SMARTS) is 1. The fourth-order valence-corrected chi connectivity index (χ4v) is 5.29. The quantitative estimate of drug-likeness (QED) is 0.548. The van der Waals surface area contributed by atoms with Crippen molar-refractivity contribution in [2.75, 3.05) is 38.9 Å². The van der Waals surface area contributed by atoms with Crippen molar-refractivity contribution in [2.45, 2.75) is 58.4 Å². The van der Waals surface area contributed by atoms with Crippen LogP contribution in [0.3, 0.4) is 0 Å². The molecular formula is C28H37NO5. The molecule has 2 saturated heterocycles. The summed E-state index contributed by atoms with van der Waals surface area (Å²) in [6, 6.07) is 8.59. The van der Waals surface area contributed by atoms with Gasteiger partial charge in [-0.25, -0.2) is 4.79 Å². The Morgan fingerprint density at radius 1 is 1.09 bits per heavy atom. The second kappa shape index (κ2) is 10.4. The molecule has 2 fully saturated rings. The summed E-state index contributed by atoms with van der Waals surface area (Å²) in [6.45, 7) is 8.88. The molecule has 0 aromatic heterocycles. The van der Waals surface area contributed by atoms with Crippen molar-refractivity contribution in [1.82, 2.24) is 0 Å². The molecule has 34 heavy (non-hydrogen) atoms. The normalized spacial score (nSPS) is 19.7. The standard InChI is InChI=1S/C28H37NO5/c1-18-13-23(16-25(32-4)20(18)3)26-19(2)14-24(15-22(26)6-5-21-7-10-34-17-21)29-28(27(30)31)8-11-33-12-9-28/h13-16,21,29H,5-12,17H2,1-4H3,(H,30,31). The number of carboxylic acids is 1. The number of benzene rings is 2. The van der Waals surface area contributed by atoms with Gasteiger partial charge in [-0.2, -0.15) is 0 Å². The average molecular weight is 468 g/mol.